The van der Waals surface area contributed by atoms with Gasteiger partial charge in [0, 0.05) is 22.6 Å². The summed E-state index contributed by atoms with van der Waals surface area (Å²) in [5, 5.41) is 0. The van der Waals surface area contributed by atoms with Gasteiger partial charge >= 0.3 is 0 Å². The number of rotatable bonds is 4. The zero-order valence-electron chi connectivity index (χ0n) is 10.3. The molecular formula is C14H14FN3S. The summed E-state index contributed by atoms with van der Waals surface area (Å²) in [5.74, 6) is 2.28. The van der Waals surface area contributed by atoms with Crippen molar-refractivity contribution in [1.29, 1.82) is 0 Å². The molecule has 1 aromatic carbocycles. The Hall–Kier alpha value is -1.62. The maximum Gasteiger partial charge on any atom is 0.141 e. The zero-order chi connectivity index (χ0) is 13.2. The molecule has 5 heteroatoms. The molecule has 3 rings (SSSR count). The Bertz CT molecular complexity index is 582. The highest BCUT2D eigenvalue weighted by Gasteiger charge is 2.25. The van der Waals surface area contributed by atoms with Crippen LogP contribution in [0.15, 0.2) is 35.2 Å². The monoisotopic (exact) mass is 275 g/mol. The van der Waals surface area contributed by atoms with Crippen molar-refractivity contribution in [2.45, 2.75) is 29.4 Å². The van der Waals surface area contributed by atoms with Crippen molar-refractivity contribution in [2.24, 2.45) is 0 Å². The first kappa shape index (κ1) is 12.4. The van der Waals surface area contributed by atoms with Crippen LogP contribution in [0.2, 0.25) is 0 Å². The number of nitrogens with two attached hydrogens (primary N) is 1. The second-order valence-electron chi connectivity index (χ2n) is 4.65. The van der Waals surface area contributed by atoms with Gasteiger partial charge in [-0.3, -0.25) is 0 Å². The minimum absolute atomic E-state index is 0.222. The van der Waals surface area contributed by atoms with Gasteiger partial charge in [0.1, 0.15) is 17.5 Å². The van der Waals surface area contributed by atoms with Crippen molar-refractivity contribution in [1.82, 2.24) is 9.97 Å². The first-order valence-electron chi connectivity index (χ1n) is 6.22. The summed E-state index contributed by atoms with van der Waals surface area (Å²) in [6.45, 7) is 0. The van der Waals surface area contributed by atoms with Crippen molar-refractivity contribution in [3.8, 4) is 0 Å². The Morgan fingerprint density at radius 3 is 2.63 bits per heavy atom. The van der Waals surface area contributed by atoms with E-state index in [9.17, 15) is 4.39 Å². The number of nitrogens with zero attached hydrogens (tertiary/aromatic N) is 2. The fraction of sp³-hybridized carbons (Fsp3) is 0.286. The molecule has 1 fully saturated rings. The molecule has 3 nitrogen and oxygen atoms in total. The molecular weight excluding hydrogens is 261 g/mol. The molecule has 0 saturated heterocycles. The highest BCUT2D eigenvalue weighted by Crippen LogP contribution is 2.39. The highest BCUT2D eigenvalue weighted by molar-refractivity contribution is 7.98. The van der Waals surface area contributed by atoms with Crippen LogP contribution in [0, 0.1) is 5.82 Å². The third-order valence-electron chi connectivity index (χ3n) is 2.99. The molecule has 1 aliphatic carbocycles. The highest BCUT2D eigenvalue weighted by atomic mass is 32.2. The largest absolute Gasteiger partial charge is 0.384 e. The second kappa shape index (κ2) is 5.17. The van der Waals surface area contributed by atoms with Gasteiger partial charge in [0.25, 0.3) is 0 Å². The van der Waals surface area contributed by atoms with E-state index in [4.69, 9.17) is 5.73 Å². The van der Waals surface area contributed by atoms with Crippen LogP contribution in [-0.4, -0.2) is 9.97 Å². The molecule has 2 aromatic rings. The summed E-state index contributed by atoms with van der Waals surface area (Å²) in [7, 11) is 0. The van der Waals surface area contributed by atoms with Crippen LogP contribution in [0.4, 0.5) is 10.2 Å². The maximum atomic E-state index is 12.8. The smallest absolute Gasteiger partial charge is 0.141 e. The van der Waals surface area contributed by atoms with E-state index < -0.39 is 0 Å². The van der Waals surface area contributed by atoms with E-state index in [1.54, 1.807) is 23.9 Å². The second-order valence-corrected chi connectivity index (χ2v) is 5.70. The number of hydrogen-bond acceptors (Lipinski definition) is 4. The van der Waals surface area contributed by atoms with Crippen molar-refractivity contribution >= 4 is 17.6 Å². The first-order valence-corrected chi connectivity index (χ1v) is 7.21. The SMILES string of the molecule is Nc1cc(C2CC2)nc(CSc2ccc(F)cc2)n1. The minimum atomic E-state index is -0.222. The average Bonchev–Trinajstić information content (AvgIpc) is 3.22. The fourth-order valence-corrected chi connectivity index (χ4v) is 2.62. The normalized spacial score (nSPS) is 14.6. The maximum absolute atomic E-state index is 12.8. The molecule has 0 unspecified atom stereocenters. The Balaban J connectivity index is 1.70. The van der Waals surface area contributed by atoms with Crippen LogP contribution < -0.4 is 5.73 Å². The van der Waals surface area contributed by atoms with Gasteiger partial charge < -0.3 is 5.73 Å². The molecule has 0 amide bonds. The fourth-order valence-electron chi connectivity index (χ4n) is 1.87. The van der Waals surface area contributed by atoms with E-state index in [0.717, 1.165) is 16.4 Å². The van der Waals surface area contributed by atoms with E-state index in [1.165, 1.54) is 25.0 Å². The molecule has 1 heterocycles. The number of benzene rings is 1. The topological polar surface area (TPSA) is 51.8 Å². The van der Waals surface area contributed by atoms with Crippen molar-refractivity contribution in [3.63, 3.8) is 0 Å². The zero-order valence-corrected chi connectivity index (χ0v) is 11.2. The lowest BCUT2D eigenvalue weighted by atomic mass is 10.3. The van der Waals surface area contributed by atoms with E-state index in [-0.39, 0.29) is 5.82 Å². The van der Waals surface area contributed by atoms with Crippen LogP contribution in [0.1, 0.15) is 30.3 Å². The Morgan fingerprint density at radius 2 is 1.95 bits per heavy atom. The molecule has 1 saturated carbocycles. The van der Waals surface area contributed by atoms with Gasteiger partial charge in [-0.2, -0.15) is 0 Å². The third-order valence-corrected chi connectivity index (χ3v) is 4.00. The first-order chi connectivity index (χ1) is 9.20. The number of nitrogen functional groups attached to an aromatic ring is 1. The number of hydrogen-bond donors (Lipinski definition) is 1. The molecule has 0 atom stereocenters. The van der Waals surface area contributed by atoms with Gasteiger partial charge in [0.05, 0.1) is 5.75 Å². The van der Waals surface area contributed by atoms with Crippen LogP contribution in [0.3, 0.4) is 0 Å². The van der Waals surface area contributed by atoms with Gasteiger partial charge in [-0.1, -0.05) is 0 Å². The lowest BCUT2D eigenvalue weighted by Gasteiger charge is -2.05. The van der Waals surface area contributed by atoms with Crippen molar-refractivity contribution in [3.05, 3.63) is 47.7 Å². The lowest BCUT2D eigenvalue weighted by Crippen LogP contribution is -2.01. The third kappa shape index (κ3) is 3.23. The van der Waals surface area contributed by atoms with E-state index in [0.29, 0.717) is 17.5 Å². The Morgan fingerprint density at radius 1 is 1.21 bits per heavy atom. The van der Waals surface area contributed by atoms with Gasteiger partial charge in [-0.15, -0.1) is 11.8 Å². The van der Waals surface area contributed by atoms with Crippen molar-refractivity contribution < 1.29 is 4.39 Å². The number of halogens is 1. The Labute approximate surface area is 115 Å². The summed E-state index contributed by atoms with van der Waals surface area (Å²) in [4.78, 5) is 9.79. The molecule has 19 heavy (non-hydrogen) atoms. The van der Waals surface area contributed by atoms with Crippen molar-refractivity contribution in [2.75, 3.05) is 5.73 Å². The lowest BCUT2D eigenvalue weighted by molar-refractivity contribution is 0.626. The molecule has 1 aromatic heterocycles. The molecule has 0 spiro atoms. The molecule has 0 bridgehead atoms. The van der Waals surface area contributed by atoms with Crippen LogP contribution >= 0.6 is 11.8 Å². The minimum Gasteiger partial charge on any atom is -0.384 e. The number of thioether (sulfide) groups is 1. The van der Waals surface area contributed by atoms with Crippen LogP contribution in [-0.2, 0) is 5.75 Å². The van der Waals surface area contributed by atoms with Gasteiger partial charge in [0.2, 0.25) is 0 Å². The predicted octanol–water partition coefficient (Wildman–Crippen LogP) is 3.37. The average molecular weight is 275 g/mol. The molecule has 0 aliphatic heterocycles. The predicted molar refractivity (Wildman–Crippen MR) is 74.4 cm³/mol. The quantitative estimate of drug-likeness (QED) is 0.869. The van der Waals surface area contributed by atoms with Gasteiger partial charge in [0.15, 0.2) is 0 Å². The van der Waals surface area contributed by atoms with Crippen LogP contribution in [0.25, 0.3) is 0 Å². The molecule has 98 valence electrons. The summed E-state index contributed by atoms with van der Waals surface area (Å²) in [6, 6.07) is 8.29. The van der Waals surface area contributed by atoms with E-state index in [1.807, 2.05) is 6.07 Å². The summed E-state index contributed by atoms with van der Waals surface area (Å²) in [6.07, 6.45) is 2.39. The van der Waals surface area contributed by atoms with E-state index >= 15 is 0 Å². The summed E-state index contributed by atoms with van der Waals surface area (Å²) in [5.41, 5.74) is 6.86. The number of aromatic nitrogens is 2. The number of anilines is 1. The van der Waals surface area contributed by atoms with Gasteiger partial charge in [-0.05, 0) is 37.1 Å². The molecule has 0 radical (unpaired) electrons. The molecule has 2 N–H and O–H groups in total. The van der Waals surface area contributed by atoms with Gasteiger partial charge in [-0.25, -0.2) is 14.4 Å². The van der Waals surface area contributed by atoms with E-state index in [2.05, 4.69) is 9.97 Å². The standard InChI is InChI=1S/C14H14FN3S/c15-10-3-5-11(6-4-10)19-8-14-17-12(9-1-2-9)7-13(16)18-14/h3-7,9H,1-2,8H2,(H2,16,17,18). The summed E-state index contributed by atoms with van der Waals surface area (Å²) >= 11 is 1.58. The summed E-state index contributed by atoms with van der Waals surface area (Å²) < 4.78 is 12.8. The Kier molecular flexibility index (Phi) is 3.38. The molecule has 1 aliphatic rings. The van der Waals surface area contributed by atoms with Crippen LogP contribution in [0.5, 0.6) is 0 Å².